The van der Waals surface area contributed by atoms with Crippen LogP contribution in [0.2, 0.25) is 0 Å². The van der Waals surface area contributed by atoms with E-state index in [1.54, 1.807) is 0 Å². The van der Waals surface area contributed by atoms with Crippen molar-refractivity contribution in [1.82, 2.24) is 14.9 Å². The average Bonchev–Trinajstić information content (AvgIpc) is 3.28. The molecule has 0 saturated carbocycles. The Morgan fingerprint density at radius 2 is 1.87 bits per heavy atom. The van der Waals surface area contributed by atoms with E-state index < -0.39 is 0 Å². The van der Waals surface area contributed by atoms with E-state index in [2.05, 4.69) is 86.6 Å². The van der Waals surface area contributed by atoms with Crippen molar-refractivity contribution in [3.63, 3.8) is 0 Å². The number of nitrogens with zero attached hydrogens (tertiary/aromatic N) is 3. The summed E-state index contributed by atoms with van der Waals surface area (Å²) in [5.41, 5.74) is 4.77. The molecule has 4 nitrogen and oxygen atoms in total. The smallest absolute Gasteiger partial charge is 0.137 e. The zero-order chi connectivity index (χ0) is 21.8. The van der Waals surface area contributed by atoms with Gasteiger partial charge in [0.05, 0.1) is 5.69 Å². The lowest BCUT2D eigenvalue weighted by Gasteiger charge is -2.12. The highest BCUT2D eigenvalue weighted by Gasteiger charge is 2.13. The molecule has 0 aliphatic heterocycles. The number of anilines is 1. The fourth-order valence-corrected chi connectivity index (χ4v) is 3.29. The lowest BCUT2D eigenvalue weighted by atomic mass is 10.1. The fraction of sp³-hybridized carbons (Fsp3) is 0.462. The molecule has 4 heteroatoms. The molecule has 3 rings (SSSR count). The summed E-state index contributed by atoms with van der Waals surface area (Å²) in [7, 11) is 4.08. The van der Waals surface area contributed by atoms with Crippen molar-refractivity contribution in [2.75, 3.05) is 32.5 Å². The highest BCUT2D eigenvalue weighted by molar-refractivity contribution is 5.66. The molecule has 0 fully saturated rings. The zero-order valence-corrected chi connectivity index (χ0v) is 19.4. The van der Waals surface area contributed by atoms with E-state index in [-0.39, 0.29) is 0 Å². The van der Waals surface area contributed by atoms with Crippen molar-refractivity contribution in [1.29, 1.82) is 0 Å². The van der Waals surface area contributed by atoms with Crippen LogP contribution in [0.5, 0.6) is 0 Å². The van der Waals surface area contributed by atoms with Gasteiger partial charge in [0.1, 0.15) is 11.6 Å². The third kappa shape index (κ3) is 7.75. The predicted octanol–water partition coefficient (Wildman–Crippen LogP) is 5.76. The van der Waals surface area contributed by atoms with Gasteiger partial charge in [-0.25, -0.2) is 9.97 Å². The van der Waals surface area contributed by atoms with Gasteiger partial charge in [0.15, 0.2) is 0 Å². The van der Waals surface area contributed by atoms with Crippen molar-refractivity contribution in [2.24, 2.45) is 0 Å². The molecule has 0 unspecified atom stereocenters. The standard InChI is InChI=1S/C19H21N3.C7H17N/c1-14-7-5-11-16-17(12-6-8-14)21-18(22-19(16)20-2)13-15-9-3-4-10-15;1-4-6-7-8(3)5-2/h3-9,11H,10,12-13H2,1-2H3,(H,20,21,22);4-7H2,1-3H3/b8-6+,11-5+,14-7-;. The number of fused-ring (bicyclic) bond motifs is 1. The number of unbranched alkanes of at least 4 members (excludes halogenated alkanes) is 1. The maximum Gasteiger partial charge on any atom is 0.137 e. The summed E-state index contributed by atoms with van der Waals surface area (Å²) in [5.74, 6) is 1.80. The first kappa shape index (κ1) is 23.8. The van der Waals surface area contributed by atoms with Crippen molar-refractivity contribution in [3.05, 3.63) is 70.8 Å². The number of hydrogen-bond donors (Lipinski definition) is 1. The van der Waals surface area contributed by atoms with Crippen molar-refractivity contribution >= 4 is 11.9 Å². The molecule has 1 N–H and O–H groups in total. The largest absolute Gasteiger partial charge is 0.373 e. The summed E-state index contributed by atoms with van der Waals surface area (Å²) >= 11 is 0. The SMILES string of the molecule is CCCCN(C)CC.CNc1nc(CC2=CC=CC2)nc2c1/C=C/C=C(C)\C=C\C2. The van der Waals surface area contributed by atoms with Crippen molar-refractivity contribution < 1.29 is 0 Å². The molecule has 0 spiro atoms. The Morgan fingerprint density at radius 3 is 2.53 bits per heavy atom. The quantitative estimate of drug-likeness (QED) is 0.625. The van der Waals surface area contributed by atoms with Gasteiger partial charge in [-0.2, -0.15) is 0 Å². The maximum absolute atomic E-state index is 4.81. The molecule has 30 heavy (non-hydrogen) atoms. The Kier molecular flexibility index (Phi) is 10.3. The maximum atomic E-state index is 4.81. The second kappa shape index (κ2) is 13.0. The summed E-state index contributed by atoms with van der Waals surface area (Å²) in [6, 6.07) is 0. The minimum atomic E-state index is 0.819. The van der Waals surface area contributed by atoms with Gasteiger partial charge in [-0.15, -0.1) is 0 Å². The second-order valence-electron chi connectivity index (χ2n) is 7.86. The van der Waals surface area contributed by atoms with E-state index in [4.69, 9.17) is 9.97 Å². The third-order valence-corrected chi connectivity index (χ3v) is 5.29. The highest BCUT2D eigenvalue weighted by Crippen LogP contribution is 2.23. The van der Waals surface area contributed by atoms with Crippen LogP contribution in [0, 0.1) is 0 Å². The number of rotatable bonds is 7. The lowest BCUT2D eigenvalue weighted by molar-refractivity contribution is 0.346. The first-order valence-electron chi connectivity index (χ1n) is 11.2. The minimum absolute atomic E-state index is 0.819. The molecule has 0 saturated heterocycles. The number of allylic oxidation sites excluding steroid dienone is 9. The van der Waals surface area contributed by atoms with E-state index in [0.29, 0.717) is 0 Å². The van der Waals surface area contributed by atoms with E-state index in [1.807, 2.05) is 7.05 Å². The van der Waals surface area contributed by atoms with Gasteiger partial charge in [-0.05, 0) is 46.0 Å². The molecule has 1 aromatic rings. The van der Waals surface area contributed by atoms with Gasteiger partial charge in [0.2, 0.25) is 0 Å². The molecule has 1 aromatic heterocycles. The van der Waals surface area contributed by atoms with Gasteiger partial charge >= 0.3 is 0 Å². The predicted molar refractivity (Wildman–Crippen MR) is 131 cm³/mol. The molecule has 1 heterocycles. The third-order valence-electron chi connectivity index (χ3n) is 5.29. The Morgan fingerprint density at radius 1 is 1.03 bits per heavy atom. The van der Waals surface area contributed by atoms with E-state index in [9.17, 15) is 0 Å². The first-order valence-corrected chi connectivity index (χ1v) is 11.2. The van der Waals surface area contributed by atoms with Crippen LogP contribution in [0.3, 0.4) is 0 Å². The Balaban J connectivity index is 0.000000343. The van der Waals surface area contributed by atoms with Crippen LogP contribution in [0.4, 0.5) is 5.82 Å². The van der Waals surface area contributed by atoms with Crippen LogP contribution in [0.25, 0.3) is 6.08 Å². The summed E-state index contributed by atoms with van der Waals surface area (Å²) in [6.07, 6.45) is 22.3. The van der Waals surface area contributed by atoms with Crippen molar-refractivity contribution in [3.8, 4) is 0 Å². The summed E-state index contributed by atoms with van der Waals surface area (Å²) in [6.45, 7) is 8.96. The van der Waals surface area contributed by atoms with Crippen LogP contribution >= 0.6 is 0 Å². The normalized spacial score (nSPS) is 18.7. The van der Waals surface area contributed by atoms with E-state index >= 15 is 0 Å². The molecule has 2 aliphatic rings. The molecule has 162 valence electrons. The molecular weight excluding hydrogens is 368 g/mol. The molecule has 2 aliphatic carbocycles. The van der Waals surface area contributed by atoms with Gasteiger partial charge in [-0.1, -0.05) is 73.9 Å². The van der Waals surface area contributed by atoms with Crippen LogP contribution in [-0.2, 0) is 12.8 Å². The van der Waals surface area contributed by atoms with E-state index in [1.165, 1.54) is 37.1 Å². The summed E-state index contributed by atoms with van der Waals surface area (Å²) < 4.78 is 0. The highest BCUT2D eigenvalue weighted by atomic mass is 15.1. The molecule has 0 atom stereocenters. The number of aromatic nitrogens is 2. The summed E-state index contributed by atoms with van der Waals surface area (Å²) in [5, 5.41) is 3.22. The monoisotopic (exact) mass is 406 g/mol. The van der Waals surface area contributed by atoms with E-state index in [0.717, 1.165) is 42.2 Å². The van der Waals surface area contributed by atoms with Crippen molar-refractivity contribution in [2.45, 2.75) is 52.9 Å². The lowest BCUT2D eigenvalue weighted by Crippen LogP contribution is -2.18. The molecule has 0 radical (unpaired) electrons. The van der Waals surface area contributed by atoms with Gasteiger partial charge in [0.25, 0.3) is 0 Å². The van der Waals surface area contributed by atoms with Gasteiger partial charge in [-0.3, -0.25) is 0 Å². The average molecular weight is 407 g/mol. The Labute approximate surface area is 183 Å². The van der Waals surface area contributed by atoms with Gasteiger partial charge in [0, 0.05) is 25.5 Å². The molecule has 0 aromatic carbocycles. The number of hydrogen-bond acceptors (Lipinski definition) is 4. The van der Waals surface area contributed by atoms with Gasteiger partial charge < -0.3 is 10.2 Å². The van der Waals surface area contributed by atoms with Crippen LogP contribution in [0.15, 0.2) is 53.7 Å². The molecular formula is C26H38N4. The Bertz CT molecular complexity index is 828. The first-order chi connectivity index (χ1) is 14.6. The zero-order valence-electron chi connectivity index (χ0n) is 19.4. The topological polar surface area (TPSA) is 41.0 Å². The summed E-state index contributed by atoms with van der Waals surface area (Å²) in [4.78, 5) is 11.8. The second-order valence-corrected chi connectivity index (χ2v) is 7.86. The number of nitrogens with one attached hydrogen (secondary N) is 1. The van der Waals surface area contributed by atoms with Crippen LogP contribution in [-0.4, -0.2) is 42.1 Å². The van der Waals surface area contributed by atoms with Crippen LogP contribution < -0.4 is 5.32 Å². The molecule has 0 bridgehead atoms. The van der Waals surface area contributed by atoms with Crippen LogP contribution in [0.1, 0.15) is 57.1 Å². The molecule has 0 amide bonds. The fourth-order valence-electron chi connectivity index (χ4n) is 3.29. The minimum Gasteiger partial charge on any atom is -0.373 e. The Hall–Kier alpha value is -2.46.